The first-order valence-corrected chi connectivity index (χ1v) is 6.65. The van der Waals surface area contributed by atoms with E-state index in [-0.39, 0.29) is 11.4 Å². The Kier molecular flexibility index (Phi) is 3.76. The van der Waals surface area contributed by atoms with Gasteiger partial charge in [-0.1, -0.05) is 17.3 Å². The van der Waals surface area contributed by atoms with E-state index in [1.54, 1.807) is 0 Å². The number of carboxylic acid groups (broad SMARTS) is 1. The second-order valence-corrected chi connectivity index (χ2v) is 4.75. The van der Waals surface area contributed by atoms with Crippen LogP contribution in [0.15, 0.2) is 48.8 Å². The molecule has 0 atom stereocenters. The number of rotatable bonds is 3. The Morgan fingerprint density at radius 2 is 1.75 bits per heavy atom. The predicted octanol–water partition coefficient (Wildman–Crippen LogP) is 3.05. The van der Waals surface area contributed by atoms with E-state index in [4.69, 9.17) is 0 Å². The second kappa shape index (κ2) is 5.76. The Labute approximate surface area is 133 Å². The fraction of sp³-hybridized carbons (Fsp3) is 0.0667. The van der Waals surface area contributed by atoms with Crippen LogP contribution in [0.2, 0.25) is 0 Å². The van der Waals surface area contributed by atoms with Crippen molar-refractivity contribution in [2.24, 2.45) is 0 Å². The summed E-state index contributed by atoms with van der Waals surface area (Å²) in [6.07, 6.45) is -1.83. The van der Waals surface area contributed by atoms with E-state index in [0.29, 0.717) is 5.56 Å². The molecule has 0 fully saturated rings. The molecule has 1 N–H and O–H groups in total. The predicted molar refractivity (Wildman–Crippen MR) is 76.6 cm³/mol. The summed E-state index contributed by atoms with van der Waals surface area (Å²) in [5.74, 6) is -1.39. The van der Waals surface area contributed by atoms with Gasteiger partial charge in [0.05, 0.1) is 11.3 Å². The second-order valence-electron chi connectivity index (χ2n) is 4.75. The highest BCUT2D eigenvalue weighted by Gasteiger charge is 2.35. The Morgan fingerprint density at radius 1 is 1.08 bits per heavy atom. The number of benzene rings is 1. The molecule has 0 spiro atoms. The van der Waals surface area contributed by atoms with Crippen LogP contribution in [0.4, 0.5) is 13.2 Å². The number of nitrogens with zero attached hydrogens (tertiary/aromatic N) is 4. The van der Waals surface area contributed by atoms with Gasteiger partial charge < -0.3 is 5.11 Å². The summed E-state index contributed by atoms with van der Waals surface area (Å²) in [5.41, 5.74) is -1.41. The molecule has 2 aromatic heterocycles. The number of pyridine rings is 1. The Morgan fingerprint density at radius 3 is 2.38 bits per heavy atom. The van der Waals surface area contributed by atoms with Gasteiger partial charge in [0.25, 0.3) is 0 Å². The maximum Gasteiger partial charge on any atom is 0.418 e. The van der Waals surface area contributed by atoms with Crippen molar-refractivity contribution in [2.75, 3.05) is 0 Å². The fourth-order valence-electron chi connectivity index (χ4n) is 2.26. The lowest BCUT2D eigenvalue weighted by molar-refractivity contribution is -0.137. The van der Waals surface area contributed by atoms with Gasteiger partial charge in [-0.05, 0) is 24.3 Å². The van der Waals surface area contributed by atoms with Gasteiger partial charge in [0, 0.05) is 18.0 Å². The SMILES string of the molecule is O=C(O)c1nnn(-c2ccccc2C(F)(F)F)c1-c1ccncc1. The maximum atomic E-state index is 13.2. The minimum Gasteiger partial charge on any atom is -0.476 e. The van der Waals surface area contributed by atoms with E-state index in [2.05, 4.69) is 15.3 Å². The molecule has 0 radical (unpaired) electrons. The lowest BCUT2D eigenvalue weighted by Crippen LogP contribution is -2.12. The highest BCUT2D eigenvalue weighted by atomic mass is 19.4. The molecule has 0 saturated carbocycles. The van der Waals surface area contributed by atoms with Crippen molar-refractivity contribution in [3.63, 3.8) is 0 Å². The number of aromatic carboxylic acids is 1. The zero-order chi connectivity index (χ0) is 17.3. The van der Waals surface area contributed by atoms with Crippen LogP contribution in [0.1, 0.15) is 16.1 Å². The topological polar surface area (TPSA) is 80.9 Å². The quantitative estimate of drug-likeness (QED) is 0.796. The van der Waals surface area contributed by atoms with Crippen molar-refractivity contribution in [3.8, 4) is 16.9 Å². The van der Waals surface area contributed by atoms with Crippen LogP contribution < -0.4 is 0 Å². The van der Waals surface area contributed by atoms with E-state index in [1.807, 2.05) is 0 Å². The van der Waals surface area contributed by atoms with Gasteiger partial charge in [-0.3, -0.25) is 4.98 Å². The van der Waals surface area contributed by atoms with Crippen molar-refractivity contribution in [3.05, 3.63) is 60.0 Å². The van der Waals surface area contributed by atoms with Crippen LogP contribution in [0, 0.1) is 0 Å². The third-order valence-corrected chi connectivity index (χ3v) is 3.26. The van der Waals surface area contributed by atoms with Crippen molar-refractivity contribution < 1.29 is 23.1 Å². The average Bonchev–Trinajstić information content (AvgIpc) is 3.00. The monoisotopic (exact) mass is 334 g/mol. The summed E-state index contributed by atoms with van der Waals surface area (Å²) < 4.78 is 40.6. The molecule has 122 valence electrons. The molecule has 0 aliphatic rings. The normalized spacial score (nSPS) is 11.5. The third kappa shape index (κ3) is 2.71. The molecule has 3 rings (SSSR count). The molecular formula is C15H9F3N4O2. The van der Waals surface area contributed by atoms with Crippen LogP contribution in [0.5, 0.6) is 0 Å². The van der Waals surface area contributed by atoms with Gasteiger partial charge in [0.1, 0.15) is 5.69 Å². The van der Waals surface area contributed by atoms with Gasteiger partial charge in [-0.15, -0.1) is 5.10 Å². The Balaban J connectivity index is 2.30. The van der Waals surface area contributed by atoms with E-state index in [0.717, 1.165) is 10.7 Å². The van der Waals surface area contributed by atoms with Crippen molar-refractivity contribution in [2.45, 2.75) is 6.18 Å². The van der Waals surface area contributed by atoms with Crippen LogP contribution in [0.25, 0.3) is 16.9 Å². The Bertz CT molecular complexity index is 891. The van der Waals surface area contributed by atoms with E-state index >= 15 is 0 Å². The van der Waals surface area contributed by atoms with Gasteiger partial charge in [0.2, 0.25) is 0 Å². The van der Waals surface area contributed by atoms with Crippen LogP contribution >= 0.6 is 0 Å². The minimum atomic E-state index is -4.62. The van der Waals surface area contributed by atoms with Crippen LogP contribution in [-0.2, 0) is 6.18 Å². The highest BCUT2D eigenvalue weighted by molar-refractivity contribution is 5.93. The first kappa shape index (κ1) is 15.7. The molecule has 24 heavy (non-hydrogen) atoms. The van der Waals surface area contributed by atoms with Crippen molar-refractivity contribution in [1.82, 2.24) is 20.0 Å². The largest absolute Gasteiger partial charge is 0.476 e. The van der Waals surface area contributed by atoms with Gasteiger partial charge in [0.15, 0.2) is 5.69 Å². The number of carboxylic acids is 1. The summed E-state index contributed by atoms with van der Waals surface area (Å²) in [4.78, 5) is 15.2. The summed E-state index contributed by atoms with van der Waals surface area (Å²) in [6, 6.07) is 7.69. The zero-order valence-corrected chi connectivity index (χ0v) is 11.9. The van der Waals surface area contributed by atoms with Gasteiger partial charge in [-0.2, -0.15) is 13.2 Å². The molecule has 0 bridgehead atoms. The minimum absolute atomic E-state index is 0.0541. The van der Waals surface area contributed by atoms with Gasteiger partial charge in [-0.25, -0.2) is 9.48 Å². The maximum absolute atomic E-state index is 13.2. The zero-order valence-electron chi connectivity index (χ0n) is 11.9. The number of alkyl halides is 3. The summed E-state index contributed by atoms with van der Waals surface area (Å²) >= 11 is 0. The lowest BCUT2D eigenvalue weighted by atomic mass is 10.1. The average molecular weight is 334 g/mol. The Hall–Kier alpha value is -3.23. The molecule has 0 saturated heterocycles. The lowest BCUT2D eigenvalue weighted by Gasteiger charge is -2.14. The summed E-state index contributed by atoms with van der Waals surface area (Å²) in [6.45, 7) is 0. The van der Waals surface area contributed by atoms with Crippen LogP contribution in [-0.4, -0.2) is 31.1 Å². The first-order valence-electron chi connectivity index (χ1n) is 6.65. The van der Waals surface area contributed by atoms with Crippen LogP contribution in [0.3, 0.4) is 0 Å². The third-order valence-electron chi connectivity index (χ3n) is 3.26. The molecule has 0 amide bonds. The molecule has 0 aliphatic carbocycles. The molecule has 0 unspecified atom stereocenters. The van der Waals surface area contributed by atoms with Gasteiger partial charge >= 0.3 is 12.1 Å². The van der Waals surface area contributed by atoms with E-state index in [1.165, 1.54) is 42.7 Å². The first-order chi connectivity index (χ1) is 11.4. The molecule has 2 heterocycles. The number of para-hydroxylation sites is 1. The number of hydrogen-bond acceptors (Lipinski definition) is 4. The molecule has 3 aromatic rings. The molecule has 0 aliphatic heterocycles. The summed E-state index contributed by atoms with van der Waals surface area (Å²) in [7, 11) is 0. The number of carbonyl (C=O) groups is 1. The summed E-state index contributed by atoms with van der Waals surface area (Å²) in [5, 5.41) is 16.4. The molecular weight excluding hydrogens is 325 g/mol. The standard InChI is InChI=1S/C15H9F3N4O2/c16-15(17,18)10-3-1-2-4-11(10)22-13(9-5-7-19-8-6-9)12(14(23)24)20-21-22/h1-8H,(H,23,24). The number of halogens is 3. The molecule has 1 aromatic carbocycles. The van der Waals surface area contributed by atoms with E-state index < -0.39 is 23.4 Å². The molecule has 9 heteroatoms. The van der Waals surface area contributed by atoms with Crippen molar-refractivity contribution in [1.29, 1.82) is 0 Å². The highest BCUT2D eigenvalue weighted by Crippen LogP contribution is 2.35. The van der Waals surface area contributed by atoms with Crippen molar-refractivity contribution >= 4 is 5.97 Å². The fourth-order valence-corrected chi connectivity index (χ4v) is 2.26. The smallest absolute Gasteiger partial charge is 0.418 e. The number of hydrogen-bond donors (Lipinski definition) is 1. The van der Waals surface area contributed by atoms with E-state index in [9.17, 15) is 23.1 Å². The number of aromatic nitrogens is 4. The molecule has 6 nitrogen and oxygen atoms in total.